The average Bonchev–Trinajstić information content (AvgIpc) is 2.80. The Morgan fingerprint density at radius 2 is 1.58 bits per heavy atom. The third-order valence-electron chi connectivity index (χ3n) is 6.99. The summed E-state index contributed by atoms with van der Waals surface area (Å²) in [6.45, 7) is 3.41. The lowest BCUT2D eigenvalue weighted by Crippen LogP contribution is -2.63. The van der Waals surface area contributed by atoms with Crippen LogP contribution in [-0.4, -0.2) is 30.1 Å². The van der Waals surface area contributed by atoms with Crippen LogP contribution in [0.25, 0.3) is 11.1 Å². The van der Waals surface area contributed by atoms with E-state index in [1.54, 1.807) is 6.07 Å². The van der Waals surface area contributed by atoms with Crippen molar-refractivity contribution in [3.8, 4) is 11.1 Å². The summed E-state index contributed by atoms with van der Waals surface area (Å²) in [6, 6.07) is 26.5. The zero-order valence-corrected chi connectivity index (χ0v) is 19.1. The highest BCUT2D eigenvalue weighted by Gasteiger charge is 2.41. The zero-order chi connectivity index (χ0) is 21.2. The first-order valence-electron chi connectivity index (χ1n) is 11.2. The third kappa shape index (κ3) is 4.68. The fourth-order valence-electron chi connectivity index (χ4n) is 5.33. The van der Waals surface area contributed by atoms with Crippen molar-refractivity contribution in [1.82, 2.24) is 10.2 Å². The minimum absolute atomic E-state index is 0.549. The standard InChI is InChI=1S/C27H28Cl2N2/c28-23-10-11-24(25(29)17-23)21-8-6-19(7-9-21)16-26-27(22-12-14-31(26)15-13-22)30-18-20-4-2-1-3-5-20/h1-11,17,22,26-27,30H,12-16,18H2. The molecule has 2 atom stereocenters. The van der Waals surface area contributed by atoms with E-state index >= 15 is 0 Å². The van der Waals surface area contributed by atoms with Gasteiger partial charge >= 0.3 is 0 Å². The summed E-state index contributed by atoms with van der Waals surface area (Å²) >= 11 is 12.5. The number of halogens is 2. The normalized spacial score (nSPS) is 25.0. The van der Waals surface area contributed by atoms with Gasteiger partial charge in [0.15, 0.2) is 0 Å². The highest BCUT2D eigenvalue weighted by atomic mass is 35.5. The molecule has 0 aromatic heterocycles. The second kappa shape index (κ2) is 9.34. The van der Waals surface area contributed by atoms with Crippen LogP contribution in [-0.2, 0) is 13.0 Å². The number of fused-ring (bicyclic) bond motifs is 3. The molecule has 3 saturated heterocycles. The van der Waals surface area contributed by atoms with E-state index in [9.17, 15) is 0 Å². The first-order valence-corrected chi connectivity index (χ1v) is 12.0. The van der Waals surface area contributed by atoms with Crippen molar-refractivity contribution in [3.63, 3.8) is 0 Å². The van der Waals surface area contributed by atoms with Gasteiger partial charge in [0.2, 0.25) is 0 Å². The van der Waals surface area contributed by atoms with Crippen LogP contribution in [0.3, 0.4) is 0 Å². The predicted octanol–water partition coefficient (Wildman–Crippen LogP) is 6.46. The van der Waals surface area contributed by atoms with E-state index in [4.69, 9.17) is 23.2 Å². The number of nitrogens with one attached hydrogen (secondary N) is 1. The first-order chi connectivity index (χ1) is 15.2. The number of hydrogen-bond acceptors (Lipinski definition) is 2. The molecule has 0 radical (unpaired) electrons. The predicted molar refractivity (Wildman–Crippen MR) is 131 cm³/mol. The van der Waals surface area contributed by atoms with E-state index in [-0.39, 0.29) is 0 Å². The Balaban J connectivity index is 1.31. The van der Waals surface area contributed by atoms with Crippen LogP contribution in [0.1, 0.15) is 24.0 Å². The highest BCUT2D eigenvalue weighted by molar-refractivity contribution is 6.36. The molecule has 3 aliphatic rings. The van der Waals surface area contributed by atoms with Crippen molar-refractivity contribution >= 4 is 23.2 Å². The summed E-state index contributed by atoms with van der Waals surface area (Å²) in [6.07, 6.45) is 3.71. The summed E-state index contributed by atoms with van der Waals surface area (Å²) < 4.78 is 0. The van der Waals surface area contributed by atoms with E-state index in [1.165, 1.54) is 37.1 Å². The Labute approximate surface area is 195 Å². The Bertz CT molecular complexity index is 1010. The summed E-state index contributed by atoms with van der Waals surface area (Å²) in [7, 11) is 0. The topological polar surface area (TPSA) is 15.3 Å². The van der Waals surface area contributed by atoms with Crippen molar-refractivity contribution in [2.45, 2.75) is 37.9 Å². The number of hydrogen-bond donors (Lipinski definition) is 1. The molecule has 0 saturated carbocycles. The van der Waals surface area contributed by atoms with Crippen LogP contribution in [0.5, 0.6) is 0 Å². The van der Waals surface area contributed by atoms with Crippen molar-refractivity contribution in [3.05, 3.63) is 94.0 Å². The van der Waals surface area contributed by atoms with Crippen LogP contribution >= 0.6 is 23.2 Å². The van der Waals surface area contributed by atoms with Crippen molar-refractivity contribution in [2.24, 2.45) is 5.92 Å². The fraction of sp³-hybridized carbons (Fsp3) is 0.333. The van der Waals surface area contributed by atoms with Gasteiger partial charge in [-0.3, -0.25) is 4.90 Å². The van der Waals surface area contributed by atoms with E-state index < -0.39 is 0 Å². The van der Waals surface area contributed by atoms with Gasteiger partial charge in [0, 0.05) is 34.2 Å². The molecular weight excluding hydrogens is 423 g/mol. The minimum atomic E-state index is 0.549. The lowest BCUT2D eigenvalue weighted by Gasteiger charge is -2.51. The molecule has 2 unspecified atom stereocenters. The second-order valence-corrected chi connectivity index (χ2v) is 9.70. The van der Waals surface area contributed by atoms with E-state index in [2.05, 4.69) is 64.8 Å². The Morgan fingerprint density at radius 1 is 0.839 bits per heavy atom. The lowest BCUT2D eigenvalue weighted by molar-refractivity contribution is 0.0127. The summed E-state index contributed by atoms with van der Waals surface area (Å²) in [5.74, 6) is 0.783. The molecule has 0 spiro atoms. The lowest BCUT2D eigenvalue weighted by atomic mass is 9.76. The molecule has 6 rings (SSSR count). The van der Waals surface area contributed by atoms with Crippen LogP contribution in [0.4, 0.5) is 0 Å². The van der Waals surface area contributed by atoms with E-state index in [0.717, 1.165) is 30.0 Å². The fourth-order valence-corrected chi connectivity index (χ4v) is 5.84. The molecule has 0 amide bonds. The van der Waals surface area contributed by atoms with Crippen LogP contribution in [0.2, 0.25) is 10.0 Å². The van der Waals surface area contributed by atoms with Crippen LogP contribution < -0.4 is 5.32 Å². The van der Waals surface area contributed by atoms with Gasteiger partial charge in [-0.15, -0.1) is 0 Å². The SMILES string of the molecule is Clc1ccc(-c2ccc(CC3C(NCc4ccccc4)C4CCN3CC4)cc2)c(Cl)c1. The van der Waals surface area contributed by atoms with Gasteiger partial charge in [-0.25, -0.2) is 0 Å². The van der Waals surface area contributed by atoms with E-state index in [0.29, 0.717) is 22.1 Å². The maximum atomic E-state index is 6.41. The molecule has 3 aromatic rings. The van der Waals surface area contributed by atoms with Gasteiger partial charge in [0.25, 0.3) is 0 Å². The first kappa shape index (κ1) is 21.0. The van der Waals surface area contributed by atoms with Gasteiger partial charge < -0.3 is 5.32 Å². The Morgan fingerprint density at radius 3 is 2.29 bits per heavy atom. The maximum absolute atomic E-state index is 6.41. The molecule has 160 valence electrons. The van der Waals surface area contributed by atoms with E-state index in [1.807, 2.05) is 12.1 Å². The van der Waals surface area contributed by atoms with Crippen LogP contribution in [0.15, 0.2) is 72.8 Å². The van der Waals surface area contributed by atoms with Gasteiger partial charge in [-0.05, 0) is 67.1 Å². The highest BCUT2D eigenvalue weighted by Crippen LogP contribution is 2.35. The van der Waals surface area contributed by atoms with Crippen LogP contribution in [0, 0.1) is 5.92 Å². The van der Waals surface area contributed by atoms with Crippen molar-refractivity contribution in [1.29, 1.82) is 0 Å². The zero-order valence-electron chi connectivity index (χ0n) is 17.6. The van der Waals surface area contributed by atoms with Gasteiger partial charge in [0.1, 0.15) is 0 Å². The number of piperidine rings is 3. The quantitative estimate of drug-likeness (QED) is 0.463. The minimum Gasteiger partial charge on any atom is -0.308 e. The molecule has 0 aliphatic carbocycles. The largest absolute Gasteiger partial charge is 0.308 e. The van der Waals surface area contributed by atoms with Gasteiger partial charge in [0.05, 0.1) is 0 Å². The molecule has 3 heterocycles. The molecule has 4 heteroatoms. The third-order valence-corrected chi connectivity index (χ3v) is 7.54. The monoisotopic (exact) mass is 450 g/mol. The Hall–Kier alpha value is -1.84. The summed E-state index contributed by atoms with van der Waals surface area (Å²) in [5, 5.41) is 5.28. The molecule has 2 bridgehead atoms. The number of rotatable bonds is 6. The smallest absolute Gasteiger partial charge is 0.0499 e. The summed E-state index contributed by atoms with van der Waals surface area (Å²) in [4.78, 5) is 2.70. The second-order valence-electron chi connectivity index (χ2n) is 8.86. The number of nitrogens with zero attached hydrogens (tertiary/aromatic N) is 1. The molecule has 3 aliphatic heterocycles. The van der Waals surface area contributed by atoms with Crippen molar-refractivity contribution < 1.29 is 0 Å². The van der Waals surface area contributed by atoms with Gasteiger partial charge in [-0.2, -0.15) is 0 Å². The molecule has 3 fully saturated rings. The molecule has 31 heavy (non-hydrogen) atoms. The maximum Gasteiger partial charge on any atom is 0.0499 e. The molecular formula is C27H28Cl2N2. The molecule has 3 aromatic carbocycles. The summed E-state index contributed by atoms with van der Waals surface area (Å²) in [5.41, 5.74) is 4.91. The molecule has 1 N–H and O–H groups in total. The Kier molecular flexibility index (Phi) is 6.34. The van der Waals surface area contributed by atoms with Crippen molar-refractivity contribution in [2.75, 3.05) is 13.1 Å². The van der Waals surface area contributed by atoms with Gasteiger partial charge in [-0.1, -0.05) is 83.9 Å². The average molecular weight is 451 g/mol. The molecule has 2 nitrogen and oxygen atoms in total. The number of benzene rings is 3.